The van der Waals surface area contributed by atoms with Crippen LogP contribution in [-0.2, 0) is 16.8 Å². The molecule has 9 N–H and O–H groups in total. The van der Waals surface area contributed by atoms with Gasteiger partial charge in [-0.05, 0) is 0 Å². The predicted molar refractivity (Wildman–Crippen MR) is 36.6 cm³/mol. The first-order chi connectivity index (χ1) is 5.20. The van der Waals surface area contributed by atoms with Gasteiger partial charge < -0.3 is 32.5 Å². The van der Waals surface area contributed by atoms with E-state index in [9.17, 15) is 0 Å². The summed E-state index contributed by atoms with van der Waals surface area (Å²) in [5.41, 5.74) is 12.1. The van der Waals surface area contributed by atoms with Crippen molar-refractivity contribution in [3.8, 4) is 0 Å². The van der Waals surface area contributed by atoms with Crippen LogP contribution in [0.15, 0.2) is 0 Å². The molecule has 0 fully saturated rings. The number of carboxylic acid groups (broad SMARTS) is 3. The Kier molecular flexibility index (Phi) is 29.0. The van der Waals surface area contributed by atoms with Crippen molar-refractivity contribution in [1.82, 2.24) is 0 Å². The van der Waals surface area contributed by atoms with Crippen LogP contribution in [0.3, 0.4) is 0 Å². The van der Waals surface area contributed by atoms with Crippen LogP contribution in [0.2, 0.25) is 0 Å². The Morgan fingerprint density at radius 2 is 0.692 bits per heavy atom. The van der Waals surface area contributed by atoms with Gasteiger partial charge in [0.1, 0.15) is 0 Å². The zero-order valence-corrected chi connectivity index (χ0v) is 7.17. The average Bonchev–Trinajstić information content (AvgIpc) is 1.54. The minimum absolute atomic E-state index is 0. The van der Waals surface area contributed by atoms with Crippen molar-refractivity contribution >= 4 is 18.3 Å². The molecule has 13 heavy (non-hydrogen) atoms. The largest absolute Gasteiger partial charge is 0.465 e. The van der Waals surface area contributed by atoms with Gasteiger partial charge in [-0.3, -0.25) is 0 Å². The van der Waals surface area contributed by atoms with Crippen LogP contribution in [0, 0.1) is 0 Å². The number of amides is 3. The van der Waals surface area contributed by atoms with Crippen molar-refractivity contribution in [2.45, 2.75) is 0 Å². The van der Waals surface area contributed by atoms with Crippen LogP contribution in [0.4, 0.5) is 14.4 Å². The maximum Gasteiger partial charge on any atom is 0.402 e. The number of nitrogens with two attached hydrogens (primary N) is 3. The fourth-order valence-corrected chi connectivity index (χ4v) is 0. The molecule has 1 radical (unpaired) electrons. The van der Waals surface area contributed by atoms with Crippen LogP contribution in [0.5, 0.6) is 0 Å². The first kappa shape index (κ1) is 22.5. The maximum atomic E-state index is 8.78. The Morgan fingerprint density at radius 3 is 0.692 bits per heavy atom. The number of primary amides is 3. The molecule has 10 heteroatoms. The van der Waals surface area contributed by atoms with Crippen molar-refractivity contribution in [1.29, 1.82) is 0 Å². The third-order valence-corrected chi connectivity index (χ3v) is 0. The van der Waals surface area contributed by atoms with Gasteiger partial charge in [0.15, 0.2) is 0 Å². The van der Waals surface area contributed by atoms with Gasteiger partial charge in [-0.1, -0.05) is 0 Å². The minimum Gasteiger partial charge on any atom is -0.465 e. The summed E-state index contributed by atoms with van der Waals surface area (Å²) in [4.78, 5) is 26.3. The van der Waals surface area contributed by atoms with Crippen LogP contribution >= 0.6 is 0 Å². The zero-order valence-electron chi connectivity index (χ0n) is 6.13. The summed E-state index contributed by atoms with van der Waals surface area (Å²) in [7, 11) is 0. The molecule has 0 unspecified atom stereocenters. The molecule has 0 aliphatic rings. The van der Waals surface area contributed by atoms with E-state index in [4.69, 9.17) is 29.7 Å². The van der Waals surface area contributed by atoms with Gasteiger partial charge in [0.2, 0.25) is 0 Å². The zero-order chi connectivity index (χ0) is 10.7. The van der Waals surface area contributed by atoms with Gasteiger partial charge in [-0.2, -0.15) is 0 Å². The predicted octanol–water partition coefficient (Wildman–Crippen LogP) is -1.13. The van der Waals surface area contributed by atoms with Crippen LogP contribution in [0.1, 0.15) is 0 Å². The molecule has 9 nitrogen and oxygen atoms in total. The Hall–Kier alpha value is -1.68. The Morgan fingerprint density at radius 1 is 0.692 bits per heavy atom. The molecule has 3 amide bonds. The SMILES string of the molecule is NC(=O)O.NC(=O)O.NC(=O)O.[Co]. The van der Waals surface area contributed by atoms with Gasteiger partial charge in [0.25, 0.3) is 0 Å². The summed E-state index contributed by atoms with van der Waals surface area (Å²) in [5.74, 6) is 0. The van der Waals surface area contributed by atoms with Crippen molar-refractivity contribution in [2.75, 3.05) is 0 Å². The molecule has 81 valence electrons. The van der Waals surface area contributed by atoms with Crippen LogP contribution < -0.4 is 17.2 Å². The summed E-state index contributed by atoms with van der Waals surface area (Å²) in [6.07, 6.45) is -4.00. The summed E-state index contributed by atoms with van der Waals surface area (Å²) in [6.45, 7) is 0. The van der Waals surface area contributed by atoms with Crippen molar-refractivity contribution in [2.24, 2.45) is 17.2 Å². The molecule has 0 rings (SSSR count). The Balaban J connectivity index is -0.0000000450. The van der Waals surface area contributed by atoms with E-state index in [-0.39, 0.29) is 16.8 Å². The third kappa shape index (κ3) is 252. The van der Waals surface area contributed by atoms with E-state index in [1.165, 1.54) is 0 Å². The van der Waals surface area contributed by atoms with Gasteiger partial charge in [-0.15, -0.1) is 0 Å². The molecular formula is C3H9CoN3O6. The second kappa shape index (κ2) is 16.7. The molecule has 0 saturated heterocycles. The number of hydrogen-bond acceptors (Lipinski definition) is 3. The van der Waals surface area contributed by atoms with Gasteiger partial charge in [0.05, 0.1) is 0 Å². The summed E-state index contributed by atoms with van der Waals surface area (Å²) in [5, 5.41) is 21.6. The second-order valence-corrected chi connectivity index (χ2v) is 1.01. The maximum absolute atomic E-state index is 8.78. The van der Waals surface area contributed by atoms with Crippen LogP contribution in [0.25, 0.3) is 0 Å². The standard InChI is InChI=1S/3CH3NO2.Co/c3*2-1(3)4;/h3*2H2,(H,3,4);. The van der Waals surface area contributed by atoms with Crippen LogP contribution in [-0.4, -0.2) is 33.6 Å². The smallest absolute Gasteiger partial charge is 0.402 e. The third-order valence-electron chi connectivity index (χ3n) is 0. The van der Waals surface area contributed by atoms with E-state index in [0.717, 1.165) is 0 Å². The fraction of sp³-hybridized carbons (Fsp3) is 0. The van der Waals surface area contributed by atoms with E-state index < -0.39 is 18.3 Å². The summed E-state index contributed by atoms with van der Waals surface area (Å²) >= 11 is 0. The molecule has 0 aromatic rings. The topological polar surface area (TPSA) is 190 Å². The van der Waals surface area contributed by atoms with Crippen molar-refractivity contribution in [3.63, 3.8) is 0 Å². The molecule has 0 bridgehead atoms. The summed E-state index contributed by atoms with van der Waals surface area (Å²) < 4.78 is 0. The molecule has 0 spiro atoms. The summed E-state index contributed by atoms with van der Waals surface area (Å²) in [6, 6.07) is 0. The van der Waals surface area contributed by atoms with Crippen molar-refractivity contribution in [3.05, 3.63) is 0 Å². The first-order valence-corrected chi connectivity index (χ1v) is 2.15. The van der Waals surface area contributed by atoms with E-state index in [0.29, 0.717) is 0 Å². The number of rotatable bonds is 0. The molecule has 0 saturated carbocycles. The molecule has 0 aliphatic heterocycles. The molecular weight excluding hydrogens is 233 g/mol. The Bertz CT molecular complexity index is 121. The fourth-order valence-electron chi connectivity index (χ4n) is 0. The quantitative estimate of drug-likeness (QED) is 0.311. The first-order valence-electron chi connectivity index (χ1n) is 2.15. The normalized spacial score (nSPS) is 5.54. The number of hydrogen-bond donors (Lipinski definition) is 6. The van der Waals surface area contributed by atoms with E-state index in [1.807, 2.05) is 0 Å². The molecule has 0 aliphatic carbocycles. The van der Waals surface area contributed by atoms with Gasteiger partial charge in [-0.25, -0.2) is 14.4 Å². The molecule has 0 aromatic carbocycles. The molecule has 0 atom stereocenters. The van der Waals surface area contributed by atoms with E-state index >= 15 is 0 Å². The monoisotopic (exact) mass is 242 g/mol. The van der Waals surface area contributed by atoms with Crippen molar-refractivity contribution < 1.29 is 46.5 Å². The number of carbonyl (C=O) groups is 3. The Labute approximate surface area is 82.7 Å². The molecule has 0 heterocycles. The van der Waals surface area contributed by atoms with Gasteiger partial charge >= 0.3 is 18.3 Å². The molecule has 0 aromatic heterocycles. The van der Waals surface area contributed by atoms with Gasteiger partial charge in [0, 0.05) is 16.8 Å². The average molecular weight is 242 g/mol. The van der Waals surface area contributed by atoms with E-state index in [2.05, 4.69) is 17.2 Å². The second-order valence-electron chi connectivity index (χ2n) is 1.01. The minimum atomic E-state index is -1.33. The van der Waals surface area contributed by atoms with E-state index in [1.54, 1.807) is 0 Å².